The molecule has 120 valence electrons. The van der Waals surface area contributed by atoms with Gasteiger partial charge in [-0.3, -0.25) is 4.79 Å². The minimum Gasteiger partial charge on any atom is -0.469 e. The summed E-state index contributed by atoms with van der Waals surface area (Å²) in [6, 6.07) is 0. The molecule has 3 heteroatoms. The highest BCUT2D eigenvalue weighted by Crippen LogP contribution is 2.06. The van der Waals surface area contributed by atoms with Crippen LogP contribution >= 0.6 is 15.9 Å². The Labute approximate surface area is 143 Å². The number of carbonyl (C=O) groups is 1. The largest absolute Gasteiger partial charge is 0.469 e. The van der Waals surface area contributed by atoms with Crippen LogP contribution < -0.4 is 0 Å². The van der Waals surface area contributed by atoms with E-state index in [0.717, 1.165) is 31.0 Å². The Balaban J connectivity index is 3.37. The Morgan fingerprint density at radius 3 is 1.95 bits per heavy atom. The van der Waals surface area contributed by atoms with Gasteiger partial charge in [-0.2, -0.15) is 0 Å². The monoisotopic (exact) mass is 364 g/mol. The molecule has 0 aromatic carbocycles. The number of hydrogen-bond acceptors (Lipinski definition) is 2. The van der Waals surface area contributed by atoms with E-state index in [9.17, 15) is 4.79 Å². The average Bonchev–Trinajstić information content (AvgIpc) is 2.54. The fraction of sp³-hybridized carbons (Fsp3) is 0.632. The fourth-order valence-corrected chi connectivity index (χ4v) is 1.93. The molecule has 0 aliphatic rings. The maximum atomic E-state index is 10.9. The van der Waals surface area contributed by atoms with Gasteiger partial charge in [0.15, 0.2) is 0 Å². The van der Waals surface area contributed by atoms with Crippen LogP contribution in [0.1, 0.15) is 64.2 Å². The van der Waals surface area contributed by atoms with Gasteiger partial charge >= 0.3 is 5.97 Å². The van der Waals surface area contributed by atoms with Crippen molar-refractivity contribution in [1.82, 2.24) is 0 Å². The highest BCUT2D eigenvalue weighted by molar-refractivity contribution is 9.09. The first-order chi connectivity index (χ1) is 10.8. The second-order valence-corrected chi connectivity index (χ2v) is 5.35. The van der Waals surface area contributed by atoms with Crippen molar-refractivity contribution in [3.05, 3.63) is 0 Å². The minimum absolute atomic E-state index is 0.178. The molecule has 0 heterocycles. The molecule has 0 aliphatic carbocycles. The van der Waals surface area contributed by atoms with E-state index in [0.29, 0.717) is 12.8 Å². The summed E-state index contributed by atoms with van der Waals surface area (Å²) in [6.07, 6.45) is 9.88. The predicted octanol–water partition coefficient (Wildman–Crippen LogP) is 4.47. The van der Waals surface area contributed by atoms with E-state index >= 15 is 0 Å². The number of ether oxygens (including phenoxy) is 1. The van der Waals surface area contributed by atoms with Crippen LogP contribution in [0.15, 0.2) is 0 Å². The molecule has 0 amide bonds. The second kappa shape index (κ2) is 17.7. The average molecular weight is 365 g/mol. The van der Waals surface area contributed by atoms with E-state index < -0.39 is 0 Å². The number of esters is 1. The lowest BCUT2D eigenvalue weighted by Gasteiger charge is -1.96. The van der Waals surface area contributed by atoms with Crippen molar-refractivity contribution in [2.24, 2.45) is 0 Å². The second-order valence-electron chi connectivity index (χ2n) is 4.79. The molecule has 0 radical (unpaired) electrons. The van der Waals surface area contributed by atoms with Crippen LogP contribution in [0.4, 0.5) is 0 Å². The summed E-state index contributed by atoms with van der Waals surface area (Å²) in [6.45, 7) is 0. The lowest BCUT2D eigenvalue weighted by atomic mass is 10.1. The maximum absolute atomic E-state index is 10.9. The Morgan fingerprint density at radius 2 is 1.36 bits per heavy atom. The van der Waals surface area contributed by atoms with Gasteiger partial charge in [-0.15, -0.1) is 5.92 Å². The Bertz CT molecular complexity index is 463. The maximum Gasteiger partial charge on any atom is 0.305 e. The molecule has 22 heavy (non-hydrogen) atoms. The zero-order valence-electron chi connectivity index (χ0n) is 13.5. The minimum atomic E-state index is -0.178. The van der Waals surface area contributed by atoms with Crippen molar-refractivity contribution >= 4 is 21.9 Å². The molecule has 0 aromatic heterocycles. The number of rotatable bonds is 9. The van der Waals surface area contributed by atoms with Crippen LogP contribution in [0.25, 0.3) is 0 Å². The number of methoxy groups -OCH3 is 1. The standard InChI is InChI=1S/C19H25BrO2/c1-22-19(21)17-15-13-11-9-7-5-3-2-4-6-8-10-12-14-16-18-20/h2-4,6,8,10,12-13,15,17-18H2,1H3. The van der Waals surface area contributed by atoms with E-state index in [2.05, 4.69) is 56.2 Å². The van der Waals surface area contributed by atoms with Gasteiger partial charge in [0.05, 0.1) is 12.4 Å². The van der Waals surface area contributed by atoms with Crippen molar-refractivity contribution in [1.29, 1.82) is 0 Å². The van der Waals surface area contributed by atoms with Crippen LogP contribution in [0, 0.1) is 35.5 Å². The smallest absolute Gasteiger partial charge is 0.305 e. The first kappa shape index (κ1) is 20.6. The first-order valence-corrected chi connectivity index (χ1v) is 8.97. The van der Waals surface area contributed by atoms with E-state index in [1.54, 1.807) is 0 Å². The Hall–Kier alpha value is -1.37. The van der Waals surface area contributed by atoms with Crippen molar-refractivity contribution in [3.8, 4) is 35.5 Å². The summed E-state index contributed by atoms with van der Waals surface area (Å²) in [5, 5.41) is 0.778. The zero-order valence-corrected chi connectivity index (χ0v) is 15.1. The molecular weight excluding hydrogens is 340 g/mol. The van der Waals surface area contributed by atoms with Crippen molar-refractivity contribution in [3.63, 3.8) is 0 Å². The van der Waals surface area contributed by atoms with Gasteiger partial charge < -0.3 is 4.74 Å². The van der Waals surface area contributed by atoms with E-state index in [1.165, 1.54) is 32.8 Å². The number of alkyl halides is 1. The van der Waals surface area contributed by atoms with Gasteiger partial charge in [-0.1, -0.05) is 53.0 Å². The molecule has 0 bridgehead atoms. The molecule has 0 unspecified atom stereocenters. The van der Waals surface area contributed by atoms with Gasteiger partial charge in [0.2, 0.25) is 0 Å². The third-order valence-electron chi connectivity index (χ3n) is 2.94. The summed E-state index contributed by atoms with van der Waals surface area (Å²) < 4.78 is 4.55. The van der Waals surface area contributed by atoms with E-state index in [1.807, 2.05) is 0 Å². The Morgan fingerprint density at radius 1 is 0.818 bits per heavy atom. The van der Waals surface area contributed by atoms with Crippen LogP contribution in [0.2, 0.25) is 0 Å². The SMILES string of the molecule is COC(=O)CCCC#CC#CCCCCCCCC#CCBr. The lowest BCUT2D eigenvalue weighted by Crippen LogP contribution is -1.98. The van der Waals surface area contributed by atoms with E-state index in [4.69, 9.17) is 0 Å². The van der Waals surface area contributed by atoms with Crippen LogP contribution in [-0.4, -0.2) is 18.4 Å². The molecule has 0 atom stereocenters. The third-order valence-corrected chi connectivity index (χ3v) is 3.23. The van der Waals surface area contributed by atoms with Crippen LogP contribution in [0.5, 0.6) is 0 Å². The van der Waals surface area contributed by atoms with Gasteiger partial charge in [0.1, 0.15) is 0 Å². The molecule has 0 aliphatic heterocycles. The van der Waals surface area contributed by atoms with Crippen molar-refractivity contribution < 1.29 is 9.53 Å². The van der Waals surface area contributed by atoms with Crippen molar-refractivity contribution in [2.45, 2.75) is 64.2 Å². The van der Waals surface area contributed by atoms with Crippen LogP contribution in [0.3, 0.4) is 0 Å². The molecule has 0 fully saturated rings. The summed E-state index contributed by atoms with van der Waals surface area (Å²) in [7, 11) is 1.40. The summed E-state index contributed by atoms with van der Waals surface area (Å²) >= 11 is 3.28. The van der Waals surface area contributed by atoms with Gasteiger partial charge in [-0.25, -0.2) is 0 Å². The number of hydrogen-bond donors (Lipinski definition) is 0. The molecule has 0 aromatic rings. The number of halogens is 1. The topological polar surface area (TPSA) is 26.3 Å². The summed E-state index contributed by atoms with van der Waals surface area (Å²) in [5.41, 5.74) is 0. The molecular formula is C19H25BrO2. The fourth-order valence-electron chi connectivity index (χ4n) is 1.73. The number of unbranched alkanes of at least 4 members (excludes halogenated alkanes) is 7. The summed E-state index contributed by atoms with van der Waals surface area (Å²) in [4.78, 5) is 10.9. The highest BCUT2D eigenvalue weighted by atomic mass is 79.9. The molecule has 0 saturated carbocycles. The summed E-state index contributed by atoms with van der Waals surface area (Å²) in [5.74, 6) is 17.7. The predicted molar refractivity (Wildman–Crippen MR) is 95.3 cm³/mol. The molecule has 0 rings (SSSR count). The lowest BCUT2D eigenvalue weighted by molar-refractivity contribution is -0.140. The molecule has 0 spiro atoms. The van der Waals surface area contributed by atoms with Gasteiger partial charge in [0.25, 0.3) is 0 Å². The van der Waals surface area contributed by atoms with E-state index in [-0.39, 0.29) is 5.97 Å². The zero-order chi connectivity index (χ0) is 16.3. The highest BCUT2D eigenvalue weighted by Gasteiger charge is 1.96. The van der Waals surface area contributed by atoms with Crippen molar-refractivity contribution in [2.75, 3.05) is 12.4 Å². The first-order valence-electron chi connectivity index (χ1n) is 7.85. The molecule has 0 N–H and O–H groups in total. The quantitative estimate of drug-likeness (QED) is 0.261. The molecule has 0 saturated heterocycles. The third kappa shape index (κ3) is 16.7. The molecule has 2 nitrogen and oxygen atoms in total. The van der Waals surface area contributed by atoms with Crippen LogP contribution in [-0.2, 0) is 9.53 Å². The van der Waals surface area contributed by atoms with Gasteiger partial charge in [-0.05, 0) is 31.1 Å². The van der Waals surface area contributed by atoms with Gasteiger partial charge in [0, 0.05) is 25.7 Å². The Kier molecular flexibility index (Phi) is 16.6. The number of carbonyl (C=O) groups excluding carboxylic acids is 1. The normalized spacial score (nSPS) is 8.64.